The zero-order valence-electron chi connectivity index (χ0n) is 9.74. The molecule has 2 heterocycles. The Balaban J connectivity index is 1.65. The predicted molar refractivity (Wildman–Crippen MR) is 63.3 cm³/mol. The highest BCUT2D eigenvalue weighted by Gasteiger charge is 2.30. The van der Waals surface area contributed by atoms with Crippen LogP contribution in [0.25, 0.3) is 0 Å². The average Bonchev–Trinajstić information content (AvgIpc) is 2.95. The van der Waals surface area contributed by atoms with Gasteiger partial charge in [-0.3, -0.25) is 0 Å². The normalized spacial score (nSPS) is 26.4. The first kappa shape index (κ1) is 10.9. The summed E-state index contributed by atoms with van der Waals surface area (Å²) in [5, 5.41) is 13.4. The van der Waals surface area contributed by atoms with Gasteiger partial charge in [0.15, 0.2) is 11.5 Å². The SMILES string of the molecule is OC1(CCc2ccc3c(c2)OCO3)CCNC1. The highest BCUT2D eigenvalue weighted by Crippen LogP contribution is 2.33. The molecule has 1 unspecified atom stereocenters. The molecule has 0 aliphatic carbocycles. The molecular weight excluding hydrogens is 218 g/mol. The van der Waals surface area contributed by atoms with E-state index in [0.717, 1.165) is 37.3 Å². The van der Waals surface area contributed by atoms with Gasteiger partial charge in [0.1, 0.15) is 0 Å². The Labute approximate surface area is 101 Å². The molecule has 92 valence electrons. The first-order chi connectivity index (χ1) is 8.25. The Hall–Kier alpha value is -1.26. The van der Waals surface area contributed by atoms with E-state index in [1.54, 1.807) is 0 Å². The van der Waals surface area contributed by atoms with Crippen molar-refractivity contribution in [2.75, 3.05) is 19.9 Å². The van der Waals surface area contributed by atoms with Crippen molar-refractivity contribution in [2.45, 2.75) is 24.9 Å². The van der Waals surface area contributed by atoms with Gasteiger partial charge in [0.25, 0.3) is 0 Å². The van der Waals surface area contributed by atoms with E-state index in [4.69, 9.17) is 9.47 Å². The largest absolute Gasteiger partial charge is 0.454 e. The minimum atomic E-state index is -0.531. The van der Waals surface area contributed by atoms with Crippen LogP contribution in [-0.2, 0) is 6.42 Å². The van der Waals surface area contributed by atoms with Gasteiger partial charge in [0.2, 0.25) is 6.79 Å². The van der Waals surface area contributed by atoms with Crippen molar-refractivity contribution in [3.63, 3.8) is 0 Å². The highest BCUT2D eigenvalue weighted by atomic mass is 16.7. The van der Waals surface area contributed by atoms with Gasteiger partial charge in [0.05, 0.1) is 5.60 Å². The Bertz CT molecular complexity index is 413. The van der Waals surface area contributed by atoms with Gasteiger partial charge in [-0.2, -0.15) is 0 Å². The summed E-state index contributed by atoms with van der Waals surface area (Å²) in [4.78, 5) is 0. The van der Waals surface area contributed by atoms with Crippen LogP contribution in [0.5, 0.6) is 11.5 Å². The molecule has 0 aromatic heterocycles. The predicted octanol–water partition coefficient (Wildman–Crippen LogP) is 1.07. The summed E-state index contributed by atoms with van der Waals surface area (Å²) in [6.45, 7) is 1.93. The first-order valence-corrected chi connectivity index (χ1v) is 6.07. The maximum absolute atomic E-state index is 10.2. The lowest BCUT2D eigenvalue weighted by atomic mass is 9.94. The van der Waals surface area contributed by atoms with E-state index in [1.165, 1.54) is 5.56 Å². The third-order valence-electron chi connectivity index (χ3n) is 3.54. The summed E-state index contributed by atoms with van der Waals surface area (Å²) in [5.74, 6) is 1.63. The lowest BCUT2D eigenvalue weighted by molar-refractivity contribution is 0.0526. The molecule has 0 saturated carbocycles. The molecule has 1 aromatic carbocycles. The quantitative estimate of drug-likeness (QED) is 0.823. The van der Waals surface area contributed by atoms with Crippen LogP contribution in [0.3, 0.4) is 0 Å². The summed E-state index contributed by atoms with van der Waals surface area (Å²) in [6, 6.07) is 5.99. The van der Waals surface area contributed by atoms with Crippen LogP contribution >= 0.6 is 0 Å². The van der Waals surface area contributed by atoms with Crippen molar-refractivity contribution >= 4 is 0 Å². The Kier molecular flexibility index (Phi) is 2.68. The number of benzene rings is 1. The van der Waals surface area contributed by atoms with E-state index in [2.05, 4.69) is 5.32 Å². The number of hydrogen-bond donors (Lipinski definition) is 2. The molecule has 0 radical (unpaired) electrons. The van der Waals surface area contributed by atoms with Crippen molar-refractivity contribution in [1.29, 1.82) is 0 Å². The Morgan fingerprint density at radius 3 is 3.00 bits per heavy atom. The van der Waals surface area contributed by atoms with Gasteiger partial charge in [-0.05, 0) is 43.5 Å². The second kappa shape index (κ2) is 4.20. The third-order valence-corrected chi connectivity index (χ3v) is 3.54. The summed E-state index contributed by atoms with van der Waals surface area (Å²) < 4.78 is 10.6. The van der Waals surface area contributed by atoms with Crippen LogP contribution in [0, 0.1) is 0 Å². The number of hydrogen-bond acceptors (Lipinski definition) is 4. The fraction of sp³-hybridized carbons (Fsp3) is 0.538. The van der Waals surface area contributed by atoms with Crippen molar-refractivity contribution in [2.24, 2.45) is 0 Å². The molecule has 2 aliphatic rings. The smallest absolute Gasteiger partial charge is 0.231 e. The minimum Gasteiger partial charge on any atom is -0.454 e. The number of aliphatic hydroxyl groups is 1. The molecule has 1 saturated heterocycles. The molecule has 0 spiro atoms. The van der Waals surface area contributed by atoms with Gasteiger partial charge >= 0.3 is 0 Å². The molecule has 2 N–H and O–H groups in total. The monoisotopic (exact) mass is 235 g/mol. The molecule has 4 heteroatoms. The van der Waals surface area contributed by atoms with Gasteiger partial charge in [-0.1, -0.05) is 6.07 Å². The number of aryl methyl sites for hydroxylation is 1. The fourth-order valence-electron chi connectivity index (χ4n) is 2.42. The van der Waals surface area contributed by atoms with Gasteiger partial charge in [0, 0.05) is 6.54 Å². The van der Waals surface area contributed by atoms with E-state index >= 15 is 0 Å². The van der Waals surface area contributed by atoms with Crippen LogP contribution in [0.1, 0.15) is 18.4 Å². The molecule has 0 amide bonds. The lowest BCUT2D eigenvalue weighted by Crippen LogP contribution is -2.31. The van der Waals surface area contributed by atoms with Crippen molar-refractivity contribution < 1.29 is 14.6 Å². The number of fused-ring (bicyclic) bond motifs is 1. The zero-order chi connectivity index (χ0) is 11.7. The van der Waals surface area contributed by atoms with E-state index in [0.29, 0.717) is 13.3 Å². The second-order valence-electron chi connectivity index (χ2n) is 4.84. The lowest BCUT2D eigenvalue weighted by Gasteiger charge is -2.20. The number of nitrogens with one attached hydrogen (secondary N) is 1. The van der Waals surface area contributed by atoms with E-state index < -0.39 is 5.60 Å². The molecule has 2 aliphatic heterocycles. The molecule has 3 rings (SSSR count). The molecule has 17 heavy (non-hydrogen) atoms. The van der Waals surface area contributed by atoms with Gasteiger partial charge in [-0.25, -0.2) is 0 Å². The summed E-state index contributed by atoms with van der Waals surface area (Å²) in [5.41, 5.74) is 0.658. The van der Waals surface area contributed by atoms with Crippen molar-refractivity contribution in [3.05, 3.63) is 23.8 Å². The summed E-state index contributed by atoms with van der Waals surface area (Å²) >= 11 is 0. The van der Waals surface area contributed by atoms with Crippen LogP contribution < -0.4 is 14.8 Å². The van der Waals surface area contributed by atoms with Crippen LogP contribution in [0.15, 0.2) is 18.2 Å². The van der Waals surface area contributed by atoms with Gasteiger partial charge < -0.3 is 19.9 Å². The van der Waals surface area contributed by atoms with E-state index in [1.807, 2.05) is 18.2 Å². The average molecular weight is 235 g/mol. The maximum atomic E-state index is 10.2. The van der Waals surface area contributed by atoms with Crippen LogP contribution in [-0.4, -0.2) is 30.6 Å². The number of rotatable bonds is 3. The zero-order valence-corrected chi connectivity index (χ0v) is 9.74. The topological polar surface area (TPSA) is 50.7 Å². The van der Waals surface area contributed by atoms with Crippen molar-refractivity contribution in [1.82, 2.24) is 5.32 Å². The molecule has 1 fully saturated rings. The summed E-state index contributed by atoms with van der Waals surface area (Å²) in [7, 11) is 0. The third kappa shape index (κ3) is 2.23. The molecule has 1 aromatic rings. The standard InChI is InChI=1S/C13H17NO3/c15-13(5-6-14-8-13)4-3-10-1-2-11-12(7-10)17-9-16-11/h1-2,7,14-15H,3-6,8-9H2. The summed E-state index contributed by atoms with van der Waals surface area (Å²) in [6.07, 6.45) is 2.51. The molecule has 1 atom stereocenters. The van der Waals surface area contributed by atoms with E-state index in [9.17, 15) is 5.11 Å². The van der Waals surface area contributed by atoms with Crippen LogP contribution in [0.4, 0.5) is 0 Å². The number of ether oxygens (including phenoxy) is 2. The molecule has 4 nitrogen and oxygen atoms in total. The van der Waals surface area contributed by atoms with Crippen molar-refractivity contribution in [3.8, 4) is 11.5 Å². The Morgan fingerprint density at radius 1 is 1.29 bits per heavy atom. The van der Waals surface area contributed by atoms with E-state index in [-0.39, 0.29) is 0 Å². The second-order valence-corrected chi connectivity index (χ2v) is 4.84. The maximum Gasteiger partial charge on any atom is 0.231 e. The first-order valence-electron chi connectivity index (χ1n) is 6.07. The van der Waals surface area contributed by atoms with Crippen LogP contribution in [0.2, 0.25) is 0 Å². The molecular formula is C13H17NO3. The number of β-amino-alcohol motifs (C(OH)–C–C–N with tert-alkyl or cyclic N) is 1. The highest BCUT2D eigenvalue weighted by molar-refractivity contribution is 5.44. The minimum absolute atomic E-state index is 0.312. The Morgan fingerprint density at radius 2 is 2.18 bits per heavy atom. The molecule has 0 bridgehead atoms. The van der Waals surface area contributed by atoms with Gasteiger partial charge in [-0.15, -0.1) is 0 Å². The fourth-order valence-corrected chi connectivity index (χ4v) is 2.42.